The molecule has 1 aliphatic heterocycles. The lowest BCUT2D eigenvalue weighted by Crippen LogP contribution is -2.39. The van der Waals surface area contributed by atoms with E-state index < -0.39 is 0 Å². The fourth-order valence-corrected chi connectivity index (χ4v) is 4.12. The Kier molecular flexibility index (Phi) is 3.54. The van der Waals surface area contributed by atoms with Crippen LogP contribution < -0.4 is 5.32 Å². The van der Waals surface area contributed by atoms with Crippen LogP contribution in [0.15, 0.2) is 12.3 Å². The van der Waals surface area contributed by atoms with E-state index in [9.17, 15) is 4.79 Å². The van der Waals surface area contributed by atoms with E-state index in [1.54, 1.807) is 7.05 Å². The van der Waals surface area contributed by atoms with Gasteiger partial charge in [0.25, 0.3) is 0 Å². The van der Waals surface area contributed by atoms with Crippen LogP contribution in [0.5, 0.6) is 0 Å². The third-order valence-corrected chi connectivity index (χ3v) is 5.24. The van der Waals surface area contributed by atoms with Crippen molar-refractivity contribution in [3.05, 3.63) is 18.0 Å². The third-order valence-electron chi connectivity index (χ3n) is 5.24. The van der Waals surface area contributed by atoms with E-state index in [0.717, 1.165) is 32.5 Å². The van der Waals surface area contributed by atoms with Gasteiger partial charge in [0, 0.05) is 39.3 Å². The minimum atomic E-state index is 0.212. The molecule has 2 fully saturated rings. The van der Waals surface area contributed by atoms with E-state index in [0.29, 0.717) is 0 Å². The summed E-state index contributed by atoms with van der Waals surface area (Å²) in [6.07, 6.45) is 6.46. The van der Waals surface area contributed by atoms with E-state index in [4.69, 9.17) is 0 Å². The van der Waals surface area contributed by atoms with Crippen molar-refractivity contribution in [1.29, 1.82) is 0 Å². The normalized spacial score (nSPS) is 30.2. The Bertz CT molecular complexity index is 498. The SMILES string of the molecule is CNC(=O)[C@H]1CCC[C@]12CCN(Cc1ccnn1C)C2. The van der Waals surface area contributed by atoms with Crippen molar-refractivity contribution in [3.8, 4) is 0 Å². The average molecular weight is 276 g/mol. The van der Waals surface area contributed by atoms with Gasteiger partial charge in [0.05, 0.1) is 5.69 Å². The quantitative estimate of drug-likeness (QED) is 0.901. The van der Waals surface area contributed by atoms with E-state index >= 15 is 0 Å². The standard InChI is InChI=1S/C15H24N4O/c1-16-14(20)13-4-3-6-15(13)7-9-19(11-15)10-12-5-8-17-18(12)2/h5,8,13H,3-4,6-7,9-11H2,1-2H3,(H,16,20)/t13-,15-/m1/s1. The predicted octanol–water partition coefficient (Wildman–Crippen LogP) is 1.16. The van der Waals surface area contributed by atoms with Crippen molar-refractivity contribution in [2.24, 2.45) is 18.4 Å². The van der Waals surface area contributed by atoms with Gasteiger partial charge < -0.3 is 5.32 Å². The van der Waals surface area contributed by atoms with Gasteiger partial charge in [-0.05, 0) is 37.3 Å². The van der Waals surface area contributed by atoms with Gasteiger partial charge in [-0.3, -0.25) is 14.4 Å². The maximum atomic E-state index is 12.1. The van der Waals surface area contributed by atoms with Gasteiger partial charge in [0.2, 0.25) is 5.91 Å². The molecular formula is C15H24N4O. The summed E-state index contributed by atoms with van der Waals surface area (Å²) in [5.74, 6) is 0.453. The highest BCUT2D eigenvalue weighted by Crippen LogP contribution is 2.49. The molecule has 2 heterocycles. The molecule has 1 amide bonds. The number of hydrogen-bond acceptors (Lipinski definition) is 3. The van der Waals surface area contributed by atoms with Crippen LogP contribution in [-0.2, 0) is 18.4 Å². The summed E-state index contributed by atoms with van der Waals surface area (Å²) in [6.45, 7) is 3.09. The Morgan fingerprint density at radius 3 is 3.10 bits per heavy atom. The molecular weight excluding hydrogens is 252 g/mol. The van der Waals surface area contributed by atoms with Crippen LogP contribution in [0.3, 0.4) is 0 Å². The summed E-state index contributed by atoms with van der Waals surface area (Å²) in [6, 6.07) is 2.08. The van der Waals surface area contributed by atoms with Crippen molar-refractivity contribution >= 4 is 5.91 Å². The molecule has 1 aliphatic carbocycles. The zero-order valence-corrected chi connectivity index (χ0v) is 12.4. The molecule has 3 rings (SSSR count). The molecule has 0 radical (unpaired) electrons. The number of likely N-dealkylation sites (tertiary alicyclic amines) is 1. The molecule has 0 unspecified atom stereocenters. The molecule has 2 aliphatic rings. The van der Waals surface area contributed by atoms with Crippen molar-refractivity contribution in [2.45, 2.75) is 32.2 Å². The van der Waals surface area contributed by atoms with Gasteiger partial charge in [-0.15, -0.1) is 0 Å². The van der Waals surface area contributed by atoms with E-state index in [2.05, 4.69) is 21.4 Å². The number of rotatable bonds is 3. The van der Waals surface area contributed by atoms with Crippen LogP contribution in [-0.4, -0.2) is 40.7 Å². The number of carbonyl (C=O) groups excluding carboxylic acids is 1. The van der Waals surface area contributed by atoms with Crippen molar-refractivity contribution < 1.29 is 4.79 Å². The number of hydrogen-bond donors (Lipinski definition) is 1. The maximum absolute atomic E-state index is 12.1. The molecule has 1 aromatic heterocycles. The first-order chi connectivity index (χ1) is 9.64. The first kappa shape index (κ1) is 13.6. The fourth-order valence-electron chi connectivity index (χ4n) is 4.12. The summed E-state index contributed by atoms with van der Waals surface area (Å²) in [5, 5.41) is 7.09. The van der Waals surface area contributed by atoms with Crippen LogP contribution in [0, 0.1) is 11.3 Å². The Morgan fingerprint density at radius 2 is 2.40 bits per heavy atom. The lowest BCUT2D eigenvalue weighted by atomic mass is 9.76. The molecule has 0 bridgehead atoms. The monoisotopic (exact) mass is 276 g/mol. The zero-order chi connectivity index (χ0) is 14.2. The second-order valence-electron chi connectivity index (χ2n) is 6.33. The fraction of sp³-hybridized carbons (Fsp3) is 0.733. The van der Waals surface area contributed by atoms with E-state index in [-0.39, 0.29) is 17.2 Å². The molecule has 110 valence electrons. The van der Waals surface area contributed by atoms with Crippen LogP contribution >= 0.6 is 0 Å². The Hall–Kier alpha value is -1.36. The molecule has 2 atom stereocenters. The number of carbonyl (C=O) groups is 1. The molecule has 1 saturated heterocycles. The molecule has 1 spiro atoms. The van der Waals surface area contributed by atoms with Gasteiger partial charge in [-0.2, -0.15) is 5.10 Å². The highest BCUT2D eigenvalue weighted by molar-refractivity contribution is 5.79. The molecule has 1 aromatic rings. The highest BCUT2D eigenvalue weighted by Gasteiger charge is 2.49. The molecule has 5 heteroatoms. The lowest BCUT2D eigenvalue weighted by Gasteiger charge is -2.30. The smallest absolute Gasteiger partial charge is 0.223 e. The van der Waals surface area contributed by atoms with Crippen molar-refractivity contribution in [1.82, 2.24) is 20.0 Å². The van der Waals surface area contributed by atoms with Crippen molar-refractivity contribution in [3.63, 3.8) is 0 Å². The van der Waals surface area contributed by atoms with Gasteiger partial charge in [-0.25, -0.2) is 0 Å². The number of nitrogens with one attached hydrogen (secondary N) is 1. The Morgan fingerprint density at radius 1 is 1.55 bits per heavy atom. The summed E-state index contributed by atoms with van der Waals surface area (Å²) in [7, 11) is 3.75. The Balaban J connectivity index is 1.69. The van der Waals surface area contributed by atoms with E-state index in [1.807, 2.05) is 17.9 Å². The minimum absolute atomic E-state index is 0.212. The predicted molar refractivity (Wildman–Crippen MR) is 76.9 cm³/mol. The van der Waals surface area contributed by atoms with Gasteiger partial charge in [-0.1, -0.05) is 6.42 Å². The van der Waals surface area contributed by atoms with Gasteiger partial charge in [0.15, 0.2) is 0 Å². The zero-order valence-electron chi connectivity index (χ0n) is 12.4. The minimum Gasteiger partial charge on any atom is -0.359 e. The molecule has 1 N–H and O–H groups in total. The first-order valence-electron chi connectivity index (χ1n) is 7.55. The topological polar surface area (TPSA) is 50.2 Å². The lowest BCUT2D eigenvalue weighted by molar-refractivity contribution is -0.127. The second kappa shape index (κ2) is 5.20. The molecule has 1 saturated carbocycles. The summed E-state index contributed by atoms with van der Waals surface area (Å²) in [5.41, 5.74) is 1.47. The highest BCUT2D eigenvalue weighted by atomic mass is 16.1. The molecule has 5 nitrogen and oxygen atoms in total. The van der Waals surface area contributed by atoms with Crippen LogP contribution in [0.2, 0.25) is 0 Å². The molecule has 0 aromatic carbocycles. The van der Waals surface area contributed by atoms with Crippen LogP contribution in [0.1, 0.15) is 31.4 Å². The number of aryl methyl sites for hydroxylation is 1. The Labute approximate surface area is 120 Å². The first-order valence-corrected chi connectivity index (χ1v) is 7.55. The van der Waals surface area contributed by atoms with Gasteiger partial charge in [0.1, 0.15) is 0 Å². The summed E-state index contributed by atoms with van der Waals surface area (Å²) in [4.78, 5) is 14.6. The molecule has 20 heavy (non-hydrogen) atoms. The van der Waals surface area contributed by atoms with Crippen LogP contribution in [0.4, 0.5) is 0 Å². The maximum Gasteiger partial charge on any atom is 0.223 e. The number of nitrogens with zero attached hydrogens (tertiary/aromatic N) is 3. The largest absolute Gasteiger partial charge is 0.359 e. The van der Waals surface area contributed by atoms with Crippen molar-refractivity contribution in [2.75, 3.05) is 20.1 Å². The number of aromatic nitrogens is 2. The second-order valence-corrected chi connectivity index (χ2v) is 6.33. The van der Waals surface area contributed by atoms with Crippen LogP contribution in [0.25, 0.3) is 0 Å². The third kappa shape index (κ3) is 2.24. The van der Waals surface area contributed by atoms with E-state index in [1.165, 1.54) is 18.5 Å². The summed E-state index contributed by atoms with van der Waals surface area (Å²) < 4.78 is 1.94. The summed E-state index contributed by atoms with van der Waals surface area (Å²) >= 11 is 0. The average Bonchev–Trinajstić information content (AvgIpc) is 3.14. The number of amides is 1. The van der Waals surface area contributed by atoms with Gasteiger partial charge >= 0.3 is 0 Å².